The molecule has 0 bridgehead atoms. The molecule has 0 saturated heterocycles. The van der Waals surface area contributed by atoms with Gasteiger partial charge in [0.2, 0.25) is 5.91 Å². The van der Waals surface area contributed by atoms with E-state index in [4.69, 9.17) is 5.11 Å². The number of alkyl halides is 3. The standard InChI is InChI=1S/C20H22F4N4O2/c1-13-14(2)28(16-6-4-15(21)5-7-16)19(17(13)10-25)26-18(30)11-27(8-3-9-29)12-20(22,23)24/h4-7,29H,3,8-9,11-12H2,1-2H3,(H,26,30). The van der Waals surface area contributed by atoms with Crippen LogP contribution in [0.5, 0.6) is 0 Å². The number of carbonyl (C=O) groups excluding carboxylic acids is 1. The number of carbonyl (C=O) groups is 1. The molecule has 0 radical (unpaired) electrons. The number of anilines is 1. The minimum atomic E-state index is -4.50. The lowest BCUT2D eigenvalue weighted by Crippen LogP contribution is -2.40. The highest BCUT2D eigenvalue weighted by Crippen LogP contribution is 2.30. The molecule has 1 aromatic heterocycles. The second-order valence-electron chi connectivity index (χ2n) is 6.81. The lowest BCUT2D eigenvalue weighted by molar-refractivity contribution is -0.148. The number of hydrogen-bond acceptors (Lipinski definition) is 4. The molecular weight excluding hydrogens is 404 g/mol. The monoisotopic (exact) mass is 426 g/mol. The van der Waals surface area contributed by atoms with Crippen LogP contribution in [0.15, 0.2) is 24.3 Å². The van der Waals surface area contributed by atoms with Gasteiger partial charge in [0.15, 0.2) is 0 Å². The Labute approximate surface area is 171 Å². The number of aliphatic hydroxyl groups excluding tert-OH is 1. The molecule has 1 aromatic carbocycles. The van der Waals surface area contributed by atoms with Gasteiger partial charge in [-0.1, -0.05) is 0 Å². The van der Waals surface area contributed by atoms with E-state index in [1.54, 1.807) is 18.4 Å². The number of aromatic nitrogens is 1. The first-order valence-corrected chi connectivity index (χ1v) is 9.15. The van der Waals surface area contributed by atoms with Gasteiger partial charge in [-0.05, 0) is 50.1 Å². The van der Waals surface area contributed by atoms with Gasteiger partial charge >= 0.3 is 6.18 Å². The summed E-state index contributed by atoms with van der Waals surface area (Å²) in [7, 11) is 0. The smallest absolute Gasteiger partial charge is 0.396 e. The summed E-state index contributed by atoms with van der Waals surface area (Å²) in [5.41, 5.74) is 1.87. The third-order valence-corrected chi connectivity index (χ3v) is 4.57. The number of nitriles is 1. The van der Waals surface area contributed by atoms with Crippen LogP contribution >= 0.6 is 0 Å². The van der Waals surface area contributed by atoms with E-state index in [2.05, 4.69) is 5.32 Å². The van der Waals surface area contributed by atoms with Gasteiger partial charge in [0, 0.05) is 24.5 Å². The Morgan fingerprint density at radius 1 is 1.27 bits per heavy atom. The summed E-state index contributed by atoms with van der Waals surface area (Å²) in [6, 6.07) is 7.39. The first kappa shape index (κ1) is 23.4. The molecule has 1 amide bonds. The molecule has 10 heteroatoms. The largest absolute Gasteiger partial charge is 0.401 e. The van der Waals surface area contributed by atoms with Crippen LogP contribution in [0.4, 0.5) is 23.4 Å². The van der Waals surface area contributed by atoms with Crippen molar-refractivity contribution in [2.75, 3.05) is 31.6 Å². The molecule has 30 heavy (non-hydrogen) atoms. The van der Waals surface area contributed by atoms with Crippen LogP contribution in [0.2, 0.25) is 0 Å². The average Bonchev–Trinajstić information content (AvgIpc) is 2.89. The summed E-state index contributed by atoms with van der Waals surface area (Å²) in [5, 5.41) is 21.0. The summed E-state index contributed by atoms with van der Waals surface area (Å²) >= 11 is 0. The van der Waals surface area contributed by atoms with Crippen LogP contribution < -0.4 is 5.32 Å². The van der Waals surface area contributed by atoms with E-state index in [9.17, 15) is 27.6 Å². The molecule has 2 N–H and O–H groups in total. The van der Waals surface area contributed by atoms with Gasteiger partial charge in [0.1, 0.15) is 17.7 Å². The molecule has 0 aliphatic carbocycles. The Hall–Kier alpha value is -2.90. The summed E-state index contributed by atoms with van der Waals surface area (Å²) in [6.07, 6.45) is -4.42. The first-order valence-electron chi connectivity index (χ1n) is 9.15. The maximum atomic E-state index is 13.3. The zero-order valence-electron chi connectivity index (χ0n) is 16.6. The fourth-order valence-corrected chi connectivity index (χ4v) is 3.11. The van der Waals surface area contributed by atoms with Crippen LogP contribution in [0.25, 0.3) is 5.69 Å². The van der Waals surface area contributed by atoms with E-state index in [1.165, 1.54) is 24.3 Å². The van der Waals surface area contributed by atoms with Crippen molar-refractivity contribution in [3.05, 3.63) is 46.9 Å². The van der Waals surface area contributed by atoms with Crippen LogP contribution in [0.1, 0.15) is 23.2 Å². The van der Waals surface area contributed by atoms with Gasteiger partial charge < -0.3 is 10.4 Å². The molecule has 6 nitrogen and oxygen atoms in total. The highest BCUT2D eigenvalue weighted by atomic mass is 19.4. The van der Waals surface area contributed by atoms with Gasteiger partial charge in [-0.25, -0.2) is 4.39 Å². The minimum absolute atomic E-state index is 0.0803. The molecule has 0 aliphatic heterocycles. The van der Waals surface area contributed by atoms with Crippen molar-refractivity contribution < 1.29 is 27.5 Å². The molecule has 0 spiro atoms. The molecule has 0 saturated carbocycles. The maximum absolute atomic E-state index is 13.3. The lowest BCUT2D eigenvalue weighted by atomic mass is 10.2. The third-order valence-electron chi connectivity index (χ3n) is 4.57. The number of rotatable bonds is 8. The van der Waals surface area contributed by atoms with Gasteiger partial charge in [-0.2, -0.15) is 18.4 Å². The van der Waals surface area contributed by atoms with Crippen molar-refractivity contribution in [3.63, 3.8) is 0 Å². The fraction of sp³-hybridized carbons (Fsp3) is 0.400. The van der Waals surface area contributed by atoms with Crippen LogP contribution in [-0.2, 0) is 4.79 Å². The van der Waals surface area contributed by atoms with Gasteiger partial charge in [0.25, 0.3) is 0 Å². The number of aliphatic hydroxyl groups is 1. The quantitative estimate of drug-likeness (QED) is 0.635. The molecule has 2 aromatic rings. The molecule has 1 heterocycles. The SMILES string of the molecule is Cc1c(C#N)c(NC(=O)CN(CCCO)CC(F)(F)F)n(-c2ccc(F)cc2)c1C. The average molecular weight is 426 g/mol. The van der Waals surface area contributed by atoms with E-state index >= 15 is 0 Å². The van der Waals surface area contributed by atoms with E-state index in [0.717, 1.165) is 4.90 Å². The number of nitrogens with one attached hydrogen (secondary N) is 1. The van der Waals surface area contributed by atoms with Crippen molar-refractivity contribution in [3.8, 4) is 11.8 Å². The third kappa shape index (κ3) is 5.81. The predicted octanol–water partition coefficient (Wildman–Crippen LogP) is 3.29. The molecular formula is C20H22F4N4O2. The van der Waals surface area contributed by atoms with E-state index in [1.807, 2.05) is 6.07 Å². The lowest BCUT2D eigenvalue weighted by Gasteiger charge is -2.23. The highest BCUT2D eigenvalue weighted by Gasteiger charge is 2.31. The van der Waals surface area contributed by atoms with Crippen LogP contribution in [-0.4, -0.2) is 52.9 Å². The highest BCUT2D eigenvalue weighted by molar-refractivity contribution is 5.93. The molecule has 0 unspecified atom stereocenters. The Balaban J connectivity index is 2.34. The molecule has 0 aliphatic rings. The summed E-state index contributed by atoms with van der Waals surface area (Å²) < 4.78 is 53.2. The van der Waals surface area contributed by atoms with Crippen LogP contribution in [0, 0.1) is 31.0 Å². The number of hydrogen-bond donors (Lipinski definition) is 2. The fourth-order valence-electron chi connectivity index (χ4n) is 3.11. The van der Waals surface area contributed by atoms with Gasteiger partial charge in [0.05, 0.1) is 18.7 Å². The minimum Gasteiger partial charge on any atom is -0.396 e. The Bertz CT molecular complexity index is 930. The first-order chi connectivity index (χ1) is 14.1. The number of benzene rings is 1. The Morgan fingerprint density at radius 2 is 1.90 bits per heavy atom. The van der Waals surface area contributed by atoms with Gasteiger partial charge in [-0.15, -0.1) is 0 Å². The maximum Gasteiger partial charge on any atom is 0.401 e. The van der Waals surface area contributed by atoms with Crippen molar-refractivity contribution >= 4 is 11.7 Å². The Morgan fingerprint density at radius 3 is 2.43 bits per heavy atom. The number of amides is 1. The Kier molecular flexibility index (Phi) is 7.59. The summed E-state index contributed by atoms with van der Waals surface area (Å²) in [4.78, 5) is 13.4. The zero-order chi connectivity index (χ0) is 22.5. The summed E-state index contributed by atoms with van der Waals surface area (Å²) in [5.74, 6) is -1.09. The molecule has 162 valence electrons. The van der Waals surface area contributed by atoms with E-state index < -0.39 is 31.0 Å². The normalized spacial score (nSPS) is 11.6. The second kappa shape index (κ2) is 9.73. The van der Waals surface area contributed by atoms with Crippen molar-refractivity contribution in [1.29, 1.82) is 5.26 Å². The van der Waals surface area contributed by atoms with Crippen molar-refractivity contribution in [2.24, 2.45) is 0 Å². The molecule has 0 atom stereocenters. The second-order valence-corrected chi connectivity index (χ2v) is 6.81. The van der Waals surface area contributed by atoms with E-state index in [-0.39, 0.29) is 31.0 Å². The van der Waals surface area contributed by atoms with Crippen molar-refractivity contribution in [1.82, 2.24) is 9.47 Å². The van der Waals surface area contributed by atoms with Crippen LogP contribution in [0.3, 0.4) is 0 Å². The molecule has 0 fully saturated rings. The van der Waals surface area contributed by atoms with E-state index in [0.29, 0.717) is 16.9 Å². The number of halogens is 4. The van der Waals surface area contributed by atoms with Gasteiger partial charge in [-0.3, -0.25) is 14.3 Å². The molecule has 2 rings (SSSR count). The topological polar surface area (TPSA) is 81.3 Å². The number of nitrogens with zero attached hydrogens (tertiary/aromatic N) is 3. The zero-order valence-corrected chi connectivity index (χ0v) is 16.6. The predicted molar refractivity (Wildman–Crippen MR) is 103 cm³/mol. The summed E-state index contributed by atoms with van der Waals surface area (Å²) in [6.45, 7) is 1.10. The van der Waals surface area contributed by atoms with Crippen molar-refractivity contribution in [2.45, 2.75) is 26.4 Å².